The van der Waals surface area contributed by atoms with Crippen molar-refractivity contribution in [1.82, 2.24) is 0 Å². The van der Waals surface area contributed by atoms with Crippen molar-refractivity contribution in [2.24, 2.45) is 0 Å². The molecule has 0 saturated heterocycles. The van der Waals surface area contributed by atoms with Gasteiger partial charge in [0.15, 0.2) is 0 Å². The molecule has 170 valence electrons. The van der Waals surface area contributed by atoms with Crippen molar-refractivity contribution in [2.75, 3.05) is 0 Å². The van der Waals surface area contributed by atoms with E-state index in [2.05, 4.69) is 121 Å². The van der Waals surface area contributed by atoms with Crippen LogP contribution < -0.4 is 0 Å². The van der Waals surface area contributed by atoms with Gasteiger partial charge in [0, 0.05) is 25.2 Å². The molecule has 0 amide bonds. The Kier molecular flexibility index (Phi) is 5.13. The molecule has 2 heteroatoms. The molecular formula is C34H21ClS. The zero-order valence-corrected chi connectivity index (χ0v) is 21.0. The predicted octanol–water partition coefficient (Wildman–Crippen LogP) is 10.9. The summed E-state index contributed by atoms with van der Waals surface area (Å²) in [7, 11) is 0. The summed E-state index contributed by atoms with van der Waals surface area (Å²) in [6, 6.07) is 45.5. The summed E-state index contributed by atoms with van der Waals surface area (Å²) in [5.41, 5.74) is 7.22. The number of halogens is 1. The van der Waals surface area contributed by atoms with Gasteiger partial charge in [-0.25, -0.2) is 0 Å². The summed E-state index contributed by atoms with van der Waals surface area (Å²) >= 11 is 8.39. The van der Waals surface area contributed by atoms with Gasteiger partial charge in [0.1, 0.15) is 0 Å². The molecule has 6 aromatic carbocycles. The highest BCUT2D eigenvalue weighted by atomic mass is 35.5. The molecule has 0 saturated carbocycles. The Bertz CT molecular complexity index is 1890. The van der Waals surface area contributed by atoms with Gasteiger partial charge in [0.25, 0.3) is 0 Å². The smallest absolute Gasteiger partial charge is 0.0412 e. The van der Waals surface area contributed by atoms with Gasteiger partial charge in [-0.15, -0.1) is 11.3 Å². The highest BCUT2D eigenvalue weighted by molar-refractivity contribution is 7.25. The van der Waals surface area contributed by atoms with Gasteiger partial charge in [0.05, 0.1) is 0 Å². The fourth-order valence-corrected chi connectivity index (χ4v) is 6.60. The molecule has 0 aliphatic rings. The van der Waals surface area contributed by atoms with Gasteiger partial charge in [-0.1, -0.05) is 115 Å². The molecule has 1 aromatic heterocycles. The normalized spacial score (nSPS) is 11.5. The van der Waals surface area contributed by atoms with Crippen LogP contribution >= 0.6 is 22.9 Å². The fourth-order valence-electron chi connectivity index (χ4n) is 5.30. The summed E-state index contributed by atoms with van der Waals surface area (Å²) < 4.78 is 2.62. The molecule has 0 fully saturated rings. The highest BCUT2D eigenvalue weighted by Gasteiger charge is 2.15. The molecule has 0 unspecified atom stereocenters. The second-order valence-corrected chi connectivity index (χ2v) is 10.6. The molecule has 0 atom stereocenters. The van der Waals surface area contributed by atoms with Gasteiger partial charge in [0.2, 0.25) is 0 Å². The lowest BCUT2D eigenvalue weighted by Gasteiger charge is -2.14. The van der Waals surface area contributed by atoms with Crippen molar-refractivity contribution in [2.45, 2.75) is 0 Å². The third-order valence-corrected chi connectivity index (χ3v) is 8.34. The Labute approximate surface area is 219 Å². The summed E-state index contributed by atoms with van der Waals surface area (Å²) in [5, 5.41) is 5.89. The standard InChI is InChI=1S/C34H21ClS/c35-25-19-20-28(29-12-6-14-33-34(29)30-10-3-4-13-32(30)36-33)31(21-25)24-17-15-23(16-18-24)27-11-5-8-22-7-1-2-9-26(22)27/h1-21H. The van der Waals surface area contributed by atoms with Crippen LogP contribution in [-0.4, -0.2) is 0 Å². The second-order valence-electron chi connectivity index (χ2n) is 9.07. The first kappa shape index (κ1) is 21.4. The SMILES string of the molecule is Clc1ccc(-c2cccc3sc4ccccc4c23)c(-c2ccc(-c3cccc4ccccc34)cc2)c1. The first-order valence-corrected chi connectivity index (χ1v) is 13.2. The first-order chi connectivity index (χ1) is 17.8. The van der Waals surface area contributed by atoms with Crippen molar-refractivity contribution in [3.63, 3.8) is 0 Å². The van der Waals surface area contributed by atoms with Crippen LogP contribution in [0.4, 0.5) is 0 Å². The predicted molar refractivity (Wildman–Crippen MR) is 158 cm³/mol. The van der Waals surface area contributed by atoms with E-state index in [1.54, 1.807) is 0 Å². The van der Waals surface area contributed by atoms with E-state index < -0.39 is 0 Å². The average Bonchev–Trinajstić information content (AvgIpc) is 3.32. The lowest BCUT2D eigenvalue weighted by atomic mass is 9.91. The monoisotopic (exact) mass is 496 g/mol. The minimum atomic E-state index is 0.745. The Hall–Kier alpha value is -3.91. The van der Waals surface area contributed by atoms with Crippen LogP contribution in [0.3, 0.4) is 0 Å². The van der Waals surface area contributed by atoms with Crippen LogP contribution in [0.1, 0.15) is 0 Å². The van der Waals surface area contributed by atoms with E-state index in [4.69, 9.17) is 11.6 Å². The molecule has 0 aliphatic carbocycles. The number of rotatable bonds is 3. The fraction of sp³-hybridized carbons (Fsp3) is 0. The lowest BCUT2D eigenvalue weighted by molar-refractivity contribution is 1.59. The summed E-state index contributed by atoms with van der Waals surface area (Å²) in [5.74, 6) is 0. The number of hydrogen-bond acceptors (Lipinski definition) is 1. The van der Waals surface area contributed by atoms with Crippen LogP contribution in [0.5, 0.6) is 0 Å². The highest BCUT2D eigenvalue weighted by Crippen LogP contribution is 2.43. The summed E-state index contributed by atoms with van der Waals surface area (Å²) in [4.78, 5) is 0. The van der Waals surface area contributed by atoms with E-state index in [0.717, 1.165) is 16.1 Å². The van der Waals surface area contributed by atoms with Crippen molar-refractivity contribution in [1.29, 1.82) is 0 Å². The molecule has 7 aromatic rings. The van der Waals surface area contributed by atoms with E-state index in [-0.39, 0.29) is 0 Å². The lowest BCUT2D eigenvalue weighted by Crippen LogP contribution is -1.88. The quantitative estimate of drug-likeness (QED) is 0.228. The van der Waals surface area contributed by atoms with Gasteiger partial charge in [-0.05, 0) is 68.4 Å². The third kappa shape index (κ3) is 3.52. The number of benzene rings is 6. The van der Waals surface area contributed by atoms with Crippen molar-refractivity contribution in [3.8, 4) is 33.4 Å². The largest absolute Gasteiger partial charge is 0.135 e. The maximum atomic E-state index is 6.54. The third-order valence-electron chi connectivity index (χ3n) is 6.97. The van der Waals surface area contributed by atoms with Crippen LogP contribution in [0.25, 0.3) is 64.3 Å². The van der Waals surface area contributed by atoms with Crippen molar-refractivity contribution < 1.29 is 0 Å². The van der Waals surface area contributed by atoms with E-state index in [9.17, 15) is 0 Å². The Morgan fingerprint density at radius 3 is 1.94 bits per heavy atom. The maximum absolute atomic E-state index is 6.54. The van der Waals surface area contributed by atoms with Gasteiger partial charge < -0.3 is 0 Å². The van der Waals surface area contributed by atoms with Gasteiger partial charge in [-0.3, -0.25) is 0 Å². The minimum absolute atomic E-state index is 0.745. The van der Waals surface area contributed by atoms with Gasteiger partial charge >= 0.3 is 0 Å². The van der Waals surface area contributed by atoms with Gasteiger partial charge in [-0.2, -0.15) is 0 Å². The minimum Gasteiger partial charge on any atom is -0.135 e. The Balaban J connectivity index is 1.40. The summed E-state index contributed by atoms with van der Waals surface area (Å²) in [6.45, 7) is 0. The van der Waals surface area contributed by atoms with Crippen molar-refractivity contribution >= 4 is 53.9 Å². The van der Waals surface area contributed by atoms with E-state index in [0.29, 0.717) is 0 Å². The number of thiophene rings is 1. The van der Waals surface area contributed by atoms with Crippen LogP contribution in [0.15, 0.2) is 127 Å². The molecule has 36 heavy (non-hydrogen) atoms. The average molecular weight is 497 g/mol. The number of hydrogen-bond donors (Lipinski definition) is 0. The zero-order valence-electron chi connectivity index (χ0n) is 19.4. The molecule has 0 spiro atoms. The van der Waals surface area contributed by atoms with E-state index in [1.807, 2.05) is 17.4 Å². The van der Waals surface area contributed by atoms with Crippen LogP contribution in [-0.2, 0) is 0 Å². The first-order valence-electron chi connectivity index (χ1n) is 12.0. The molecule has 7 rings (SSSR count). The van der Waals surface area contributed by atoms with E-state index in [1.165, 1.54) is 53.2 Å². The molecule has 0 radical (unpaired) electrons. The topological polar surface area (TPSA) is 0 Å². The zero-order chi connectivity index (χ0) is 24.1. The van der Waals surface area contributed by atoms with Crippen LogP contribution in [0, 0.1) is 0 Å². The van der Waals surface area contributed by atoms with Crippen molar-refractivity contribution in [3.05, 3.63) is 132 Å². The second kappa shape index (κ2) is 8.64. The molecular weight excluding hydrogens is 476 g/mol. The molecule has 0 bridgehead atoms. The van der Waals surface area contributed by atoms with Crippen LogP contribution in [0.2, 0.25) is 5.02 Å². The molecule has 0 N–H and O–H groups in total. The van der Waals surface area contributed by atoms with E-state index >= 15 is 0 Å². The Morgan fingerprint density at radius 1 is 0.444 bits per heavy atom. The molecule has 0 nitrogen and oxygen atoms in total. The molecule has 1 heterocycles. The molecule has 0 aliphatic heterocycles. The number of fused-ring (bicyclic) bond motifs is 4. The summed E-state index contributed by atoms with van der Waals surface area (Å²) in [6.07, 6.45) is 0. The Morgan fingerprint density at radius 2 is 1.08 bits per heavy atom. The maximum Gasteiger partial charge on any atom is 0.0412 e.